The van der Waals surface area contributed by atoms with Crippen LogP contribution in [0.5, 0.6) is 11.5 Å². The number of rotatable bonds is 6. The summed E-state index contributed by atoms with van der Waals surface area (Å²) in [6.07, 6.45) is 0. The molecule has 0 radical (unpaired) electrons. The number of methoxy groups -OCH3 is 1. The van der Waals surface area contributed by atoms with Crippen LogP contribution in [0, 0.1) is 20.8 Å². The predicted octanol–water partition coefficient (Wildman–Crippen LogP) is 5.44. The van der Waals surface area contributed by atoms with E-state index in [9.17, 15) is 9.36 Å². The fourth-order valence-corrected chi connectivity index (χ4v) is 5.16. The smallest absolute Gasteiger partial charge is 0.346 e. The van der Waals surface area contributed by atoms with Crippen LogP contribution in [-0.4, -0.2) is 12.6 Å². The Kier molecular flexibility index (Phi) is 5.71. The average Bonchev–Trinajstić information content (AvgIpc) is 2.69. The van der Waals surface area contributed by atoms with Crippen LogP contribution in [0.15, 0.2) is 66.7 Å². The van der Waals surface area contributed by atoms with Crippen molar-refractivity contribution in [3.05, 3.63) is 89.0 Å². The second-order valence-electron chi connectivity index (χ2n) is 6.73. The Morgan fingerprint density at radius 1 is 0.821 bits per heavy atom. The fraction of sp³-hybridized carbons (Fsp3) is 0.174. The maximum Gasteiger partial charge on any atom is 0.346 e. The van der Waals surface area contributed by atoms with E-state index in [4.69, 9.17) is 9.26 Å². The third-order valence-corrected chi connectivity index (χ3v) is 6.78. The summed E-state index contributed by atoms with van der Waals surface area (Å²) in [5, 5.41) is 0.371. The zero-order chi connectivity index (χ0) is 20.3. The first-order chi connectivity index (χ1) is 13.3. The molecule has 3 rings (SSSR count). The SMILES string of the molecule is COc1cc(C)c(C(=O)P(=O)(Oc2ccc(C)cc2)c2ccccc2)c(C)c1. The number of aryl methyl sites for hydroxylation is 3. The molecule has 5 heteroatoms. The molecule has 0 aliphatic carbocycles. The predicted molar refractivity (Wildman–Crippen MR) is 112 cm³/mol. The van der Waals surface area contributed by atoms with Crippen molar-refractivity contribution in [3.63, 3.8) is 0 Å². The molecular weight excluding hydrogens is 371 g/mol. The van der Waals surface area contributed by atoms with E-state index in [-0.39, 0.29) is 0 Å². The lowest BCUT2D eigenvalue weighted by atomic mass is 10.0. The highest BCUT2D eigenvalue weighted by Gasteiger charge is 2.39. The van der Waals surface area contributed by atoms with Crippen molar-refractivity contribution in [1.82, 2.24) is 0 Å². The van der Waals surface area contributed by atoms with Gasteiger partial charge in [-0.15, -0.1) is 0 Å². The Balaban J connectivity index is 2.13. The van der Waals surface area contributed by atoms with Crippen LogP contribution in [0.25, 0.3) is 0 Å². The summed E-state index contributed by atoms with van der Waals surface area (Å²) in [5.74, 6) is 1.05. The van der Waals surface area contributed by atoms with E-state index in [1.165, 1.54) is 0 Å². The topological polar surface area (TPSA) is 52.6 Å². The van der Waals surface area contributed by atoms with Gasteiger partial charge in [0.05, 0.1) is 12.4 Å². The van der Waals surface area contributed by atoms with E-state index < -0.39 is 12.9 Å². The van der Waals surface area contributed by atoms with E-state index in [0.717, 1.165) is 5.56 Å². The van der Waals surface area contributed by atoms with Crippen molar-refractivity contribution in [3.8, 4) is 11.5 Å². The third kappa shape index (κ3) is 3.88. The molecule has 0 aliphatic rings. The van der Waals surface area contributed by atoms with Crippen molar-refractivity contribution >= 4 is 18.2 Å². The van der Waals surface area contributed by atoms with Crippen molar-refractivity contribution < 1.29 is 18.6 Å². The Hall–Kier alpha value is -2.84. The molecule has 0 N–H and O–H groups in total. The molecule has 28 heavy (non-hydrogen) atoms. The van der Waals surface area contributed by atoms with Crippen LogP contribution >= 0.6 is 7.37 Å². The van der Waals surface area contributed by atoms with Crippen LogP contribution in [0.1, 0.15) is 27.0 Å². The van der Waals surface area contributed by atoms with Gasteiger partial charge in [-0.1, -0.05) is 35.9 Å². The van der Waals surface area contributed by atoms with Crippen molar-refractivity contribution in [1.29, 1.82) is 0 Å². The summed E-state index contributed by atoms with van der Waals surface area (Å²) < 4.78 is 25.2. The minimum absolute atomic E-state index is 0.371. The average molecular weight is 394 g/mol. The molecule has 0 spiro atoms. The fourth-order valence-electron chi connectivity index (χ4n) is 3.11. The maximum absolute atomic E-state index is 14.0. The molecule has 0 fully saturated rings. The summed E-state index contributed by atoms with van der Waals surface area (Å²) in [7, 11) is -2.30. The van der Waals surface area contributed by atoms with E-state index in [1.807, 2.05) is 39.0 Å². The molecule has 3 aromatic rings. The zero-order valence-electron chi connectivity index (χ0n) is 16.4. The monoisotopic (exact) mass is 394 g/mol. The van der Waals surface area contributed by atoms with Gasteiger partial charge in [-0.25, -0.2) is 0 Å². The first kappa shape index (κ1) is 19.9. The van der Waals surface area contributed by atoms with Gasteiger partial charge in [0.25, 0.3) is 5.52 Å². The summed E-state index contributed by atoms with van der Waals surface area (Å²) >= 11 is 0. The third-order valence-electron chi connectivity index (χ3n) is 4.57. The number of carbonyl (C=O) groups excluding carboxylic acids is 1. The Labute approximate surface area is 165 Å². The molecule has 3 aromatic carbocycles. The number of benzene rings is 3. The van der Waals surface area contributed by atoms with Crippen LogP contribution in [0.3, 0.4) is 0 Å². The highest BCUT2D eigenvalue weighted by molar-refractivity contribution is 7.83. The van der Waals surface area contributed by atoms with Crippen LogP contribution < -0.4 is 14.6 Å². The molecule has 0 heterocycles. The molecule has 0 amide bonds. The minimum atomic E-state index is -3.88. The Bertz CT molecular complexity index is 1020. The zero-order valence-corrected chi connectivity index (χ0v) is 17.3. The van der Waals surface area contributed by atoms with Gasteiger partial charge in [0, 0.05) is 5.56 Å². The lowest BCUT2D eigenvalue weighted by Gasteiger charge is -2.21. The van der Waals surface area contributed by atoms with E-state index in [0.29, 0.717) is 33.5 Å². The molecule has 0 aromatic heterocycles. The molecular formula is C23H23O4P. The molecule has 144 valence electrons. The molecule has 0 aliphatic heterocycles. The normalized spacial score (nSPS) is 12.9. The summed E-state index contributed by atoms with van der Waals surface area (Å²) in [4.78, 5) is 13.6. The second-order valence-corrected chi connectivity index (χ2v) is 8.94. The van der Waals surface area contributed by atoms with Crippen LogP contribution in [-0.2, 0) is 4.57 Å². The van der Waals surface area contributed by atoms with E-state index in [1.54, 1.807) is 55.6 Å². The van der Waals surface area contributed by atoms with Crippen LogP contribution in [0.4, 0.5) is 0 Å². The standard InChI is InChI=1S/C23H23O4P/c1-16-10-12-19(13-11-16)27-28(25,21-8-6-5-7-9-21)23(24)22-17(2)14-20(26-4)15-18(22)3/h5-15H,1-4H3. The highest BCUT2D eigenvalue weighted by Crippen LogP contribution is 2.50. The number of hydrogen-bond acceptors (Lipinski definition) is 4. The van der Waals surface area contributed by atoms with Gasteiger partial charge in [0.15, 0.2) is 0 Å². The largest absolute Gasteiger partial charge is 0.497 e. The van der Waals surface area contributed by atoms with Crippen molar-refractivity contribution in [2.24, 2.45) is 0 Å². The van der Waals surface area contributed by atoms with Gasteiger partial charge in [-0.3, -0.25) is 9.36 Å². The first-order valence-electron chi connectivity index (χ1n) is 8.97. The number of ether oxygens (including phenoxy) is 1. The minimum Gasteiger partial charge on any atom is -0.497 e. The molecule has 1 unspecified atom stereocenters. The molecule has 0 saturated carbocycles. The Morgan fingerprint density at radius 2 is 1.39 bits per heavy atom. The molecule has 0 saturated heterocycles. The lowest BCUT2D eigenvalue weighted by Crippen LogP contribution is -2.19. The summed E-state index contributed by atoms with van der Waals surface area (Å²) in [6, 6.07) is 19.4. The van der Waals surface area contributed by atoms with Gasteiger partial charge < -0.3 is 9.26 Å². The van der Waals surface area contributed by atoms with Crippen LogP contribution in [0.2, 0.25) is 0 Å². The van der Waals surface area contributed by atoms with E-state index >= 15 is 0 Å². The summed E-state index contributed by atoms with van der Waals surface area (Å²) in [6.45, 7) is 5.57. The maximum atomic E-state index is 14.0. The van der Waals surface area contributed by atoms with Crippen molar-refractivity contribution in [2.75, 3.05) is 7.11 Å². The lowest BCUT2D eigenvalue weighted by molar-refractivity contribution is 0.106. The second kappa shape index (κ2) is 8.04. The first-order valence-corrected chi connectivity index (χ1v) is 10.6. The number of hydrogen-bond donors (Lipinski definition) is 0. The van der Waals surface area contributed by atoms with Gasteiger partial charge in [0.1, 0.15) is 11.5 Å². The summed E-state index contributed by atoms with van der Waals surface area (Å²) in [5.41, 5.74) is 2.34. The molecule has 0 bridgehead atoms. The molecule has 1 atom stereocenters. The quantitative estimate of drug-likeness (QED) is 0.522. The van der Waals surface area contributed by atoms with Gasteiger partial charge in [-0.2, -0.15) is 0 Å². The number of carbonyl (C=O) groups is 1. The molecule has 4 nitrogen and oxygen atoms in total. The Morgan fingerprint density at radius 3 is 1.93 bits per heavy atom. The van der Waals surface area contributed by atoms with Gasteiger partial charge in [-0.05, 0) is 68.3 Å². The van der Waals surface area contributed by atoms with Crippen molar-refractivity contribution in [2.45, 2.75) is 20.8 Å². The van der Waals surface area contributed by atoms with E-state index in [2.05, 4.69) is 0 Å². The van der Waals surface area contributed by atoms with Gasteiger partial charge >= 0.3 is 7.37 Å². The van der Waals surface area contributed by atoms with Gasteiger partial charge in [0.2, 0.25) is 0 Å². The highest BCUT2D eigenvalue weighted by atomic mass is 31.2.